The lowest BCUT2D eigenvalue weighted by atomic mass is 9.95. The number of fused-ring (bicyclic) bond motifs is 1. The van der Waals surface area contributed by atoms with Gasteiger partial charge in [-0.2, -0.15) is 0 Å². The molecule has 1 aliphatic heterocycles. The van der Waals surface area contributed by atoms with Gasteiger partial charge in [-0.25, -0.2) is 0 Å². The van der Waals surface area contributed by atoms with Crippen LogP contribution >= 0.6 is 23.2 Å². The van der Waals surface area contributed by atoms with Crippen LogP contribution in [0.2, 0.25) is 10.0 Å². The first-order valence-corrected chi connectivity index (χ1v) is 7.64. The number of rotatable bonds is 2. The van der Waals surface area contributed by atoms with Crippen molar-refractivity contribution in [1.29, 1.82) is 0 Å². The van der Waals surface area contributed by atoms with Gasteiger partial charge in [0.15, 0.2) is 0 Å². The zero-order valence-corrected chi connectivity index (χ0v) is 13.5. The molecule has 0 aromatic heterocycles. The van der Waals surface area contributed by atoms with E-state index < -0.39 is 0 Å². The fourth-order valence-electron chi connectivity index (χ4n) is 2.72. The lowest BCUT2D eigenvalue weighted by Crippen LogP contribution is -2.24. The number of ether oxygens (including phenoxy) is 1. The molecule has 1 heterocycles. The third-order valence-corrected chi connectivity index (χ3v) is 4.49. The highest BCUT2D eigenvalue weighted by molar-refractivity contribution is 6.42. The van der Waals surface area contributed by atoms with Crippen LogP contribution in [0.5, 0.6) is 5.75 Å². The van der Waals surface area contributed by atoms with Crippen molar-refractivity contribution >= 4 is 23.2 Å². The van der Waals surface area contributed by atoms with E-state index in [9.17, 15) is 0 Å². The lowest BCUT2D eigenvalue weighted by Gasteiger charge is -2.16. The molecule has 110 valence electrons. The Morgan fingerprint density at radius 1 is 1.05 bits per heavy atom. The number of benzene rings is 2. The van der Waals surface area contributed by atoms with Gasteiger partial charge in [-0.15, -0.1) is 0 Å². The molecule has 0 radical (unpaired) electrons. The maximum atomic E-state index is 6.35. The Morgan fingerprint density at radius 3 is 2.43 bits per heavy atom. The van der Waals surface area contributed by atoms with Crippen LogP contribution in [0.4, 0.5) is 0 Å². The molecule has 1 aliphatic rings. The highest BCUT2D eigenvalue weighted by atomic mass is 35.5. The zero-order valence-electron chi connectivity index (χ0n) is 12.0. The second-order valence-electron chi connectivity index (χ2n) is 6.06. The third-order valence-electron chi connectivity index (χ3n) is 3.75. The summed E-state index contributed by atoms with van der Waals surface area (Å²) in [6, 6.07) is 11.4. The summed E-state index contributed by atoms with van der Waals surface area (Å²) in [6.07, 6.45) is 0.893. The third kappa shape index (κ3) is 2.89. The van der Waals surface area contributed by atoms with Crippen LogP contribution in [0.1, 0.15) is 36.6 Å². The van der Waals surface area contributed by atoms with Gasteiger partial charge in [0.2, 0.25) is 0 Å². The Hall–Kier alpha value is -1.22. The van der Waals surface area contributed by atoms with E-state index in [-0.39, 0.29) is 11.6 Å². The van der Waals surface area contributed by atoms with E-state index in [1.54, 1.807) is 6.07 Å². The molecular formula is C17H17Cl2NO. The van der Waals surface area contributed by atoms with E-state index in [1.807, 2.05) is 24.3 Å². The van der Waals surface area contributed by atoms with Crippen molar-refractivity contribution in [3.8, 4) is 5.75 Å². The van der Waals surface area contributed by atoms with Gasteiger partial charge in [-0.1, -0.05) is 41.4 Å². The van der Waals surface area contributed by atoms with Crippen LogP contribution in [0.25, 0.3) is 0 Å². The van der Waals surface area contributed by atoms with E-state index in [4.69, 9.17) is 33.7 Å². The molecule has 0 spiro atoms. The Morgan fingerprint density at radius 2 is 1.71 bits per heavy atom. The summed E-state index contributed by atoms with van der Waals surface area (Å²) in [5.74, 6) is 0.949. The quantitative estimate of drug-likeness (QED) is 0.865. The molecule has 3 rings (SSSR count). The first kappa shape index (κ1) is 14.7. The van der Waals surface area contributed by atoms with Crippen LogP contribution in [-0.4, -0.2) is 5.60 Å². The maximum absolute atomic E-state index is 6.35. The monoisotopic (exact) mass is 321 g/mol. The predicted octanol–water partition coefficient (Wildman–Crippen LogP) is 4.76. The van der Waals surface area contributed by atoms with E-state index in [0.717, 1.165) is 23.3 Å². The predicted molar refractivity (Wildman–Crippen MR) is 87.3 cm³/mol. The molecule has 4 heteroatoms. The van der Waals surface area contributed by atoms with Crippen molar-refractivity contribution in [1.82, 2.24) is 0 Å². The van der Waals surface area contributed by atoms with Crippen molar-refractivity contribution in [3.05, 3.63) is 63.1 Å². The van der Waals surface area contributed by atoms with Crippen molar-refractivity contribution in [2.45, 2.75) is 31.9 Å². The van der Waals surface area contributed by atoms with Crippen LogP contribution in [-0.2, 0) is 6.42 Å². The fraction of sp³-hybridized carbons (Fsp3) is 0.294. The molecule has 2 aromatic rings. The highest BCUT2D eigenvalue weighted by Gasteiger charge is 2.30. The molecule has 1 atom stereocenters. The van der Waals surface area contributed by atoms with Gasteiger partial charge >= 0.3 is 0 Å². The first-order chi connectivity index (χ1) is 9.85. The molecule has 0 saturated carbocycles. The molecule has 1 unspecified atom stereocenters. The minimum Gasteiger partial charge on any atom is -0.487 e. The SMILES string of the molecule is CC1(C)Cc2cc(C(N)c3ccc(Cl)c(Cl)c3)ccc2O1. The van der Waals surface area contributed by atoms with Crippen molar-refractivity contribution in [2.24, 2.45) is 5.73 Å². The summed E-state index contributed by atoms with van der Waals surface area (Å²) in [4.78, 5) is 0. The van der Waals surface area contributed by atoms with E-state index in [0.29, 0.717) is 10.0 Å². The normalized spacial score (nSPS) is 17.2. The smallest absolute Gasteiger partial charge is 0.123 e. The Kier molecular flexibility index (Phi) is 3.64. The molecule has 0 aliphatic carbocycles. The molecular weight excluding hydrogens is 305 g/mol. The largest absolute Gasteiger partial charge is 0.487 e. The molecule has 0 amide bonds. The number of halogens is 2. The van der Waals surface area contributed by atoms with Gasteiger partial charge in [0, 0.05) is 6.42 Å². The molecule has 2 nitrogen and oxygen atoms in total. The topological polar surface area (TPSA) is 35.2 Å². The second kappa shape index (κ2) is 5.20. The first-order valence-electron chi connectivity index (χ1n) is 6.88. The molecule has 21 heavy (non-hydrogen) atoms. The van der Waals surface area contributed by atoms with Crippen LogP contribution < -0.4 is 10.5 Å². The summed E-state index contributed by atoms with van der Waals surface area (Å²) < 4.78 is 5.89. The average Bonchev–Trinajstić information content (AvgIpc) is 2.73. The van der Waals surface area contributed by atoms with Crippen LogP contribution in [0, 0.1) is 0 Å². The Balaban J connectivity index is 1.93. The number of nitrogens with two attached hydrogens (primary N) is 1. The average molecular weight is 322 g/mol. The Bertz CT molecular complexity index is 697. The molecule has 0 bridgehead atoms. The summed E-state index contributed by atoms with van der Waals surface area (Å²) >= 11 is 12.0. The lowest BCUT2D eigenvalue weighted by molar-refractivity contribution is 0.138. The van der Waals surface area contributed by atoms with Gasteiger partial charge in [-0.05, 0) is 48.7 Å². The van der Waals surface area contributed by atoms with Gasteiger partial charge in [-0.3, -0.25) is 0 Å². The van der Waals surface area contributed by atoms with Gasteiger partial charge in [0.1, 0.15) is 11.4 Å². The highest BCUT2D eigenvalue weighted by Crippen LogP contribution is 2.37. The van der Waals surface area contributed by atoms with E-state index in [1.165, 1.54) is 5.56 Å². The van der Waals surface area contributed by atoms with Crippen molar-refractivity contribution in [3.63, 3.8) is 0 Å². The summed E-state index contributed by atoms with van der Waals surface area (Å²) in [7, 11) is 0. The minimum absolute atomic E-state index is 0.144. The Labute approximate surface area is 134 Å². The van der Waals surface area contributed by atoms with Crippen molar-refractivity contribution in [2.75, 3.05) is 0 Å². The van der Waals surface area contributed by atoms with Crippen LogP contribution in [0.3, 0.4) is 0 Å². The van der Waals surface area contributed by atoms with Gasteiger partial charge in [0.25, 0.3) is 0 Å². The van der Waals surface area contributed by atoms with Gasteiger partial charge < -0.3 is 10.5 Å². The van der Waals surface area contributed by atoms with Crippen LogP contribution in [0.15, 0.2) is 36.4 Å². The molecule has 2 aromatic carbocycles. The number of hydrogen-bond acceptors (Lipinski definition) is 2. The molecule has 2 N–H and O–H groups in total. The molecule has 0 fully saturated rings. The maximum Gasteiger partial charge on any atom is 0.123 e. The number of hydrogen-bond donors (Lipinski definition) is 1. The standard InChI is InChI=1S/C17H17Cl2NO/c1-17(2)9-12-7-10(4-6-15(12)21-17)16(20)11-3-5-13(18)14(19)8-11/h3-8,16H,9,20H2,1-2H3. The minimum atomic E-state index is -0.228. The zero-order chi connectivity index (χ0) is 15.2. The van der Waals surface area contributed by atoms with Crippen molar-refractivity contribution < 1.29 is 4.74 Å². The summed E-state index contributed by atoms with van der Waals surface area (Å²) in [5, 5.41) is 1.06. The fourth-order valence-corrected chi connectivity index (χ4v) is 3.03. The summed E-state index contributed by atoms with van der Waals surface area (Å²) in [5.41, 5.74) is 9.41. The van der Waals surface area contributed by atoms with E-state index in [2.05, 4.69) is 19.9 Å². The summed E-state index contributed by atoms with van der Waals surface area (Å²) in [6.45, 7) is 4.18. The molecule has 0 saturated heterocycles. The van der Waals surface area contributed by atoms with Gasteiger partial charge in [0.05, 0.1) is 16.1 Å². The van der Waals surface area contributed by atoms with E-state index >= 15 is 0 Å². The second-order valence-corrected chi connectivity index (χ2v) is 6.87.